The number of nitrogens with zero attached hydrogens (tertiary/aromatic N) is 3. The molecule has 2 rings (SSSR count). The van der Waals surface area contributed by atoms with E-state index in [1.165, 1.54) is 0 Å². The van der Waals surface area contributed by atoms with Crippen molar-refractivity contribution in [2.45, 2.75) is 46.2 Å². The van der Waals surface area contributed by atoms with E-state index in [1.54, 1.807) is 10.9 Å². The molecule has 2 heterocycles. The Kier molecular flexibility index (Phi) is 6.12. The molecule has 0 radical (unpaired) electrons. The Bertz CT molecular complexity index is 690. The number of rotatable bonds is 7. The number of hydrogen-bond acceptors (Lipinski definition) is 3. The molecule has 0 aliphatic rings. The second-order valence-corrected chi connectivity index (χ2v) is 5.82. The summed E-state index contributed by atoms with van der Waals surface area (Å²) in [5.74, 6) is 0.769. The Hall–Kier alpha value is -2.63. The summed E-state index contributed by atoms with van der Waals surface area (Å²) in [5, 5.41) is 10.2. The van der Waals surface area contributed by atoms with Gasteiger partial charge in [-0.05, 0) is 44.4 Å². The molecular weight excluding hydrogens is 302 g/mol. The van der Waals surface area contributed by atoms with Gasteiger partial charge in [0.1, 0.15) is 0 Å². The molecule has 0 aliphatic carbocycles. The summed E-state index contributed by atoms with van der Waals surface area (Å²) < 4.78 is 1.81. The third-order valence-corrected chi connectivity index (χ3v) is 3.77. The number of nitrogens with one attached hydrogen (secondary N) is 2. The zero-order valence-electron chi connectivity index (χ0n) is 14.5. The predicted molar refractivity (Wildman–Crippen MR) is 95.1 cm³/mol. The van der Waals surface area contributed by atoms with Crippen LogP contribution in [0.4, 0.5) is 4.79 Å². The fraction of sp³-hybridized carbons (Fsp3) is 0.389. The highest BCUT2D eigenvalue weighted by atomic mass is 16.2. The summed E-state index contributed by atoms with van der Waals surface area (Å²) >= 11 is 0. The minimum absolute atomic E-state index is 0.119. The van der Waals surface area contributed by atoms with Crippen LogP contribution in [-0.2, 0) is 6.54 Å². The van der Waals surface area contributed by atoms with Crippen molar-refractivity contribution in [2.75, 3.05) is 0 Å². The maximum absolute atomic E-state index is 11.9. The predicted octanol–water partition coefficient (Wildman–Crippen LogP) is 3.04. The van der Waals surface area contributed by atoms with Crippen molar-refractivity contribution in [3.63, 3.8) is 0 Å². The van der Waals surface area contributed by atoms with Gasteiger partial charge in [-0.15, -0.1) is 6.58 Å². The molecule has 0 spiro atoms. The molecule has 6 heteroatoms. The van der Waals surface area contributed by atoms with Crippen LogP contribution in [0.15, 0.2) is 37.1 Å². The lowest BCUT2D eigenvalue weighted by Gasteiger charge is -2.15. The van der Waals surface area contributed by atoms with E-state index >= 15 is 0 Å². The monoisotopic (exact) mass is 327 g/mol. The van der Waals surface area contributed by atoms with Crippen molar-refractivity contribution in [1.82, 2.24) is 25.4 Å². The van der Waals surface area contributed by atoms with Crippen molar-refractivity contribution < 1.29 is 4.79 Å². The van der Waals surface area contributed by atoms with E-state index in [9.17, 15) is 4.79 Å². The zero-order chi connectivity index (χ0) is 17.5. The molecule has 128 valence electrons. The van der Waals surface area contributed by atoms with Crippen LogP contribution in [0.1, 0.15) is 36.7 Å². The fourth-order valence-corrected chi connectivity index (χ4v) is 2.45. The largest absolute Gasteiger partial charge is 0.335 e. The standard InChI is InChI=1S/C18H25N5O/c1-5-7-16(6-2)21-18(24)20-12-15-8-9-17(19-11-15)23-14(4)10-13(3)22-23/h5,8-11,16H,1,6-7,12H2,2-4H3,(H2,20,21,24)/t16-/m0/s1. The molecule has 1 atom stereocenters. The number of pyridine rings is 1. The first-order chi connectivity index (χ1) is 11.5. The van der Waals surface area contributed by atoms with Crippen LogP contribution in [0.25, 0.3) is 5.82 Å². The van der Waals surface area contributed by atoms with E-state index < -0.39 is 0 Å². The summed E-state index contributed by atoms with van der Waals surface area (Å²) in [6, 6.07) is 5.80. The minimum atomic E-state index is -0.175. The summed E-state index contributed by atoms with van der Waals surface area (Å²) in [6.07, 6.45) is 5.21. The molecule has 2 amide bonds. The Morgan fingerprint density at radius 1 is 1.42 bits per heavy atom. The number of amides is 2. The van der Waals surface area contributed by atoms with E-state index in [-0.39, 0.29) is 12.1 Å². The van der Waals surface area contributed by atoms with Crippen LogP contribution in [0.2, 0.25) is 0 Å². The Morgan fingerprint density at radius 2 is 2.21 bits per heavy atom. The Labute approximate surface area is 143 Å². The van der Waals surface area contributed by atoms with Gasteiger partial charge >= 0.3 is 6.03 Å². The minimum Gasteiger partial charge on any atom is -0.335 e. The van der Waals surface area contributed by atoms with Crippen molar-refractivity contribution in [1.29, 1.82) is 0 Å². The van der Waals surface area contributed by atoms with Gasteiger partial charge in [0.15, 0.2) is 5.82 Å². The maximum atomic E-state index is 11.9. The number of carbonyl (C=O) groups is 1. The van der Waals surface area contributed by atoms with Gasteiger partial charge in [-0.2, -0.15) is 5.10 Å². The van der Waals surface area contributed by atoms with Gasteiger partial charge in [-0.1, -0.05) is 19.1 Å². The quantitative estimate of drug-likeness (QED) is 0.768. The van der Waals surface area contributed by atoms with Crippen LogP contribution < -0.4 is 10.6 Å². The molecule has 24 heavy (non-hydrogen) atoms. The molecule has 0 unspecified atom stereocenters. The van der Waals surface area contributed by atoms with Crippen LogP contribution in [0.3, 0.4) is 0 Å². The SMILES string of the molecule is C=CC[C@H](CC)NC(=O)NCc1ccc(-n2nc(C)cc2C)nc1. The molecule has 6 nitrogen and oxygen atoms in total. The Balaban J connectivity index is 1.91. The molecule has 0 aliphatic heterocycles. The summed E-state index contributed by atoms with van der Waals surface area (Å²) in [7, 11) is 0. The topological polar surface area (TPSA) is 71.8 Å². The first kappa shape index (κ1) is 17.7. The number of aryl methyl sites for hydroxylation is 2. The van der Waals surface area contributed by atoms with Crippen molar-refractivity contribution in [2.24, 2.45) is 0 Å². The maximum Gasteiger partial charge on any atom is 0.315 e. The number of aromatic nitrogens is 3. The third-order valence-electron chi connectivity index (χ3n) is 3.77. The molecule has 2 N–H and O–H groups in total. The van der Waals surface area contributed by atoms with Gasteiger partial charge in [0.05, 0.1) is 5.69 Å². The lowest BCUT2D eigenvalue weighted by atomic mass is 10.1. The second-order valence-electron chi connectivity index (χ2n) is 5.82. The third kappa shape index (κ3) is 4.68. The second kappa shape index (κ2) is 8.29. The summed E-state index contributed by atoms with van der Waals surface area (Å²) in [5.41, 5.74) is 2.94. The zero-order valence-corrected chi connectivity index (χ0v) is 14.5. The summed E-state index contributed by atoms with van der Waals surface area (Å²) in [4.78, 5) is 16.3. The molecule has 0 aromatic carbocycles. The van der Waals surface area contributed by atoms with Crippen molar-refractivity contribution in [3.8, 4) is 5.82 Å². The lowest BCUT2D eigenvalue weighted by molar-refractivity contribution is 0.236. The van der Waals surface area contributed by atoms with Crippen molar-refractivity contribution >= 4 is 6.03 Å². The van der Waals surface area contributed by atoms with Crippen LogP contribution in [0.5, 0.6) is 0 Å². The highest BCUT2D eigenvalue weighted by Crippen LogP contribution is 2.10. The van der Waals surface area contributed by atoms with Gasteiger partial charge in [-0.25, -0.2) is 14.5 Å². The molecular formula is C18H25N5O. The van der Waals surface area contributed by atoms with Crippen molar-refractivity contribution in [3.05, 3.63) is 54.0 Å². The normalized spacial score (nSPS) is 11.8. The van der Waals surface area contributed by atoms with E-state index in [0.29, 0.717) is 6.54 Å². The lowest BCUT2D eigenvalue weighted by Crippen LogP contribution is -2.41. The van der Waals surface area contributed by atoms with E-state index in [2.05, 4.69) is 27.3 Å². The van der Waals surface area contributed by atoms with Gasteiger partial charge in [-0.3, -0.25) is 0 Å². The first-order valence-electron chi connectivity index (χ1n) is 8.17. The molecule has 0 bridgehead atoms. The number of carbonyl (C=O) groups excluding carboxylic acids is 1. The van der Waals surface area contributed by atoms with E-state index in [4.69, 9.17) is 0 Å². The highest BCUT2D eigenvalue weighted by Gasteiger charge is 2.09. The van der Waals surface area contributed by atoms with Crippen LogP contribution >= 0.6 is 0 Å². The summed E-state index contributed by atoms with van der Waals surface area (Å²) in [6.45, 7) is 10.1. The number of urea groups is 1. The van der Waals surface area contributed by atoms with E-state index in [0.717, 1.165) is 35.6 Å². The average molecular weight is 327 g/mol. The molecule has 0 saturated heterocycles. The smallest absolute Gasteiger partial charge is 0.315 e. The highest BCUT2D eigenvalue weighted by molar-refractivity contribution is 5.74. The number of hydrogen-bond donors (Lipinski definition) is 2. The van der Waals surface area contributed by atoms with Gasteiger partial charge in [0.25, 0.3) is 0 Å². The van der Waals surface area contributed by atoms with Crippen LogP contribution in [0, 0.1) is 13.8 Å². The molecule has 2 aromatic rings. The average Bonchev–Trinajstić information content (AvgIpc) is 2.91. The van der Waals surface area contributed by atoms with Crippen LogP contribution in [-0.4, -0.2) is 26.8 Å². The van der Waals surface area contributed by atoms with Gasteiger partial charge in [0.2, 0.25) is 0 Å². The Morgan fingerprint density at radius 3 is 2.75 bits per heavy atom. The van der Waals surface area contributed by atoms with E-state index in [1.807, 2.05) is 45.0 Å². The van der Waals surface area contributed by atoms with Gasteiger partial charge < -0.3 is 10.6 Å². The van der Waals surface area contributed by atoms with Gasteiger partial charge in [0, 0.05) is 24.5 Å². The first-order valence-corrected chi connectivity index (χ1v) is 8.17. The molecule has 2 aromatic heterocycles. The molecule has 0 fully saturated rings. The fourth-order valence-electron chi connectivity index (χ4n) is 2.45. The molecule has 0 saturated carbocycles.